The summed E-state index contributed by atoms with van der Waals surface area (Å²) in [4.78, 5) is 36.1. The Kier molecular flexibility index (Phi) is 6.29. The normalized spacial score (nSPS) is 19.5. The van der Waals surface area contributed by atoms with E-state index in [4.69, 9.17) is 4.74 Å². The Morgan fingerprint density at radius 2 is 1.89 bits per heavy atom. The van der Waals surface area contributed by atoms with Crippen molar-refractivity contribution in [1.29, 1.82) is 0 Å². The molecule has 1 fully saturated rings. The van der Waals surface area contributed by atoms with E-state index < -0.39 is 23.6 Å². The molecular formula is C12H20ClNO5. The smallest absolute Gasteiger partial charge is 0.410 e. The Morgan fingerprint density at radius 3 is 2.32 bits per heavy atom. The molecule has 0 saturated carbocycles. The fourth-order valence-electron chi connectivity index (χ4n) is 1.70. The van der Waals surface area contributed by atoms with Gasteiger partial charge < -0.3 is 14.4 Å². The number of esters is 1. The van der Waals surface area contributed by atoms with Crippen molar-refractivity contribution in [3.63, 3.8) is 0 Å². The van der Waals surface area contributed by atoms with E-state index in [1.807, 2.05) is 0 Å². The number of rotatable bonds is 1. The number of likely N-dealkylation sites (tertiary alicyclic amines) is 1. The van der Waals surface area contributed by atoms with Crippen LogP contribution in [0.4, 0.5) is 4.79 Å². The standard InChI is InChI=1S/C12H19NO5.ClH/c1-12(2,3)18-11(16)13-6-5-8(9(14)7-13)10(15)17-4;/h8H,5-7H2,1-4H3;1H. The van der Waals surface area contributed by atoms with E-state index in [2.05, 4.69) is 4.74 Å². The molecule has 0 aromatic heterocycles. The average Bonchev–Trinajstić information content (AvgIpc) is 2.25. The highest BCUT2D eigenvalue weighted by Crippen LogP contribution is 2.18. The first-order chi connectivity index (χ1) is 8.24. The summed E-state index contributed by atoms with van der Waals surface area (Å²) in [6.45, 7) is 5.49. The van der Waals surface area contributed by atoms with Gasteiger partial charge in [0.1, 0.15) is 11.5 Å². The van der Waals surface area contributed by atoms with Crippen molar-refractivity contribution >= 4 is 30.3 Å². The third-order valence-electron chi connectivity index (χ3n) is 2.56. The van der Waals surface area contributed by atoms with E-state index in [1.165, 1.54) is 12.0 Å². The molecule has 1 heterocycles. The van der Waals surface area contributed by atoms with Gasteiger partial charge in [-0.2, -0.15) is 0 Å². The first-order valence-corrected chi connectivity index (χ1v) is 5.83. The van der Waals surface area contributed by atoms with Gasteiger partial charge in [0.2, 0.25) is 0 Å². The van der Waals surface area contributed by atoms with Gasteiger partial charge in [-0.1, -0.05) is 0 Å². The maximum atomic E-state index is 11.7. The fraction of sp³-hybridized carbons (Fsp3) is 0.750. The first kappa shape index (κ1) is 17.7. The van der Waals surface area contributed by atoms with Crippen LogP contribution in [0.25, 0.3) is 0 Å². The third-order valence-corrected chi connectivity index (χ3v) is 2.56. The van der Waals surface area contributed by atoms with Crippen LogP contribution >= 0.6 is 12.4 Å². The van der Waals surface area contributed by atoms with Gasteiger partial charge >= 0.3 is 12.1 Å². The second-order valence-electron chi connectivity index (χ2n) is 5.23. The van der Waals surface area contributed by atoms with Crippen LogP contribution in [0.15, 0.2) is 0 Å². The summed E-state index contributed by atoms with van der Waals surface area (Å²) in [5.74, 6) is -1.60. The Balaban J connectivity index is 0.00000324. The largest absolute Gasteiger partial charge is 0.468 e. The predicted octanol–water partition coefficient (Wildman–Crippen LogP) is 1.41. The molecule has 0 aromatic carbocycles. The SMILES string of the molecule is COC(=O)C1CCN(C(=O)OC(C)(C)C)CC1=O.Cl. The molecule has 110 valence electrons. The lowest BCUT2D eigenvalue weighted by Crippen LogP contribution is -2.48. The minimum absolute atomic E-state index is 0. The van der Waals surface area contributed by atoms with Crippen LogP contribution in [-0.4, -0.2) is 48.5 Å². The summed E-state index contributed by atoms with van der Waals surface area (Å²) in [5.41, 5.74) is -0.598. The molecule has 0 N–H and O–H groups in total. The fourth-order valence-corrected chi connectivity index (χ4v) is 1.70. The Bertz CT molecular complexity index is 364. The molecule has 1 saturated heterocycles. The number of methoxy groups -OCH3 is 1. The van der Waals surface area contributed by atoms with Crippen molar-refractivity contribution in [2.24, 2.45) is 5.92 Å². The molecule has 0 aromatic rings. The maximum absolute atomic E-state index is 11.7. The number of amides is 1. The summed E-state index contributed by atoms with van der Waals surface area (Å²) in [7, 11) is 1.25. The molecule has 1 unspecified atom stereocenters. The summed E-state index contributed by atoms with van der Waals surface area (Å²) in [6.07, 6.45) is -0.246. The van der Waals surface area contributed by atoms with Crippen LogP contribution < -0.4 is 0 Å². The molecule has 0 bridgehead atoms. The van der Waals surface area contributed by atoms with Crippen molar-refractivity contribution in [3.8, 4) is 0 Å². The molecule has 1 atom stereocenters. The van der Waals surface area contributed by atoms with E-state index in [0.29, 0.717) is 6.54 Å². The van der Waals surface area contributed by atoms with Crippen molar-refractivity contribution in [1.82, 2.24) is 4.90 Å². The van der Waals surface area contributed by atoms with Crippen molar-refractivity contribution in [2.45, 2.75) is 32.8 Å². The van der Waals surface area contributed by atoms with Crippen LogP contribution in [-0.2, 0) is 19.1 Å². The molecule has 19 heavy (non-hydrogen) atoms. The molecule has 6 nitrogen and oxygen atoms in total. The van der Waals surface area contributed by atoms with Gasteiger partial charge in [0, 0.05) is 6.54 Å². The average molecular weight is 294 g/mol. The summed E-state index contributed by atoms with van der Waals surface area (Å²) >= 11 is 0. The zero-order chi connectivity index (χ0) is 13.9. The van der Waals surface area contributed by atoms with Gasteiger partial charge in [-0.25, -0.2) is 4.79 Å². The Labute approximate surface area is 118 Å². The van der Waals surface area contributed by atoms with Crippen LogP contribution in [0.5, 0.6) is 0 Å². The number of nitrogens with zero attached hydrogens (tertiary/aromatic N) is 1. The number of ketones is 1. The topological polar surface area (TPSA) is 72.9 Å². The van der Waals surface area contributed by atoms with Gasteiger partial charge in [-0.3, -0.25) is 9.59 Å². The van der Waals surface area contributed by atoms with E-state index >= 15 is 0 Å². The lowest BCUT2D eigenvalue weighted by atomic mass is 9.96. The van der Waals surface area contributed by atoms with Crippen LogP contribution in [0, 0.1) is 5.92 Å². The highest BCUT2D eigenvalue weighted by Gasteiger charge is 2.36. The van der Waals surface area contributed by atoms with Gasteiger partial charge in [0.15, 0.2) is 5.78 Å². The zero-order valence-corrected chi connectivity index (χ0v) is 12.4. The molecule has 7 heteroatoms. The monoisotopic (exact) mass is 293 g/mol. The van der Waals surface area contributed by atoms with Crippen molar-refractivity contribution < 1.29 is 23.9 Å². The van der Waals surface area contributed by atoms with E-state index in [0.717, 1.165) is 0 Å². The number of carbonyl (C=O) groups excluding carboxylic acids is 3. The molecular weight excluding hydrogens is 274 g/mol. The Morgan fingerprint density at radius 1 is 1.32 bits per heavy atom. The highest BCUT2D eigenvalue weighted by atomic mass is 35.5. The predicted molar refractivity (Wildman–Crippen MR) is 70.2 cm³/mol. The molecule has 1 aliphatic rings. The molecule has 1 amide bonds. The molecule has 0 radical (unpaired) electrons. The van der Waals surface area contributed by atoms with Gasteiger partial charge in [-0.15, -0.1) is 12.4 Å². The van der Waals surface area contributed by atoms with E-state index in [-0.39, 0.29) is 31.2 Å². The second-order valence-corrected chi connectivity index (χ2v) is 5.23. The summed E-state index contributed by atoms with van der Waals surface area (Å²) in [5, 5.41) is 0. The molecule has 0 aliphatic carbocycles. The molecule has 1 aliphatic heterocycles. The summed E-state index contributed by atoms with van der Waals surface area (Å²) in [6, 6.07) is 0. The first-order valence-electron chi connectivity index (χ1n) is 5.83. The maximum Gasteiger partial charge on any atom is 0.410 e. The quantitative estimate of drug-likeness (QED) is 0.540. The van der Waals surface area contributed by atoms with Crippen LogP contribution in [0.2, 0.25) is 0 Å². The number of carbonyl (C=O) groups is 3. The summed E-state index contributed by atoms with van der Waals surface area (Å²) < 4.78 is 9.71. The molecule has 1 rings (SSSR count). The highest BCUT2D eigenvalue weighted by molar-refractivity contribution is 6.01. The second kappa shape index (κ2) is 6.75. The lowest BCUT2D eigenvalue weighted by molar-refractivity contribution is -0.151. The van der Waals surface area contributed by atoms with E-state index in [1.54, 1.807) is 20.8 Å². The number of hydrogen-bond donors (Lipinski definition) is 0. The van der Waals surface area contributed by atoms with Crippen molar-refractivity contribution in [3.05, 3.63) is 0 Å². The lowest BCUT2D eigenvalue weighted by Gasteiger charge is -2.31. The number of ether oxygens (including phenoxy) is 2. The van der Waals surface area contributed by atoms with Gasteiger partial charge in [0.25, 0.3) is 0 Å². The molecule has 0 spiro atoms. The number of Topliss-reactive ketones (excluding diaryl/α,β-unsaturated/α-hetero) is 1. The van der Waals surface area contributed by atoms with Gasteiger partial charge in [0.05, 0.1) is 13.7 Å². The minimum atomic E-state index is -0.756. The van der Waals surface area contributed by atoms with E-state index in [9.17, 15) is 14.4 Å². The number of hydrogen-bond acceptors (Lipinski definition) is 5. The van der Waals surface area contributed by atoms with Gasteiger partial charge in [-0.05, 0) is 27.2 Å². The third kappa shape index (κ3) is 5.06. The zero-order valence-electron chi connectivity index (χ0n) is 11.6. The number of halogens is 1. The Hall–Kier alpha value is -1.30. The van der Waals surface area contributed by atoms with Crippen molar-refractivity contribution in [2.75, 3.05) is 20.2 Å². The minimum Gasteiger partial charge on any atom is -0.468 e. The van der Waals surface area contributed by atoms with Crippen LogP contribution in [0.3, 0.4) is 0 Å². The van der Waals surface area contributed by atoms with Crippen LogP contribution in [0.1, 0.15) is 27.2 Å². The number of piperidine rings is 1.